The maximum absolute atomic E-state index is 12.3. The van der Waals surface area contributed by atoms with Crippen LogP contribution in [-0.2, 0) is 10.2 Å². The quantitative estimate of drug-likeness (QED) is 0.915. The number of amides is 1. The highest BCUT2D eigenvalue weighted by atomic mass is 16.5. The Kier molecular flexibility index (Phi) is 4.42. The summed E-state index contributed by atoms with van der Waals surface area (Å²) in [6, 6.07) is 0. The van der Waals surface area contributed by atoms with Gasteiger partial charge in [-0.15, -0.1) is 5.10 Å². The Balaban J connectivity index is 1.97. The molecule has 0 aliphatic carbocycles. The lowest BCUT2D eigenvalue weighted by atomic mass is 9.96. The standard InChI is InChI=1S/C14H24N4O2/c1-5-20-10-6-8-18(9-7-10)12(19)11-15-13(17-16-11)14(2,3)4/h10H,5-9H2,1-4H3,(H,15,16,17). The van der Waals surface area contributed by atoms with Gasteiger partial charge < -0.3 is 9.64 Å². The highest BCUT2D eigenvalue weighted by Gasteiger charge is 2.27. The summed E-state index contributed by atoms with van der Waals surface area (Å²) >= 11 is 0. The van der Waals surface area contributed by atoms with Crippen molar-refractivity contribution < 1.29 is 9.53 Å². The topological polar surface area (TPSA) is 71.1 Å². The molecule has 0 spiro atoms. The van der Waals surface area contributed by atoms with Crippen LogP contribution in [0.1, 0.15) is 57.0 Å². The summed E-state index contributed by atoms with van der Waals surface area (Å²) in [5, 5.41) is 6.92. The van der Waals surface area contributed by atoms with Gasteiger partial charge in [-0.25, -0.2) is 4.98 Å². The van der Waals surface area contributed by atoms with Crippen LogP contribution in [0.3, 0.4) is 0 Å². The molecule has 1 aliphatic heterocycles. The smallest absolute Gasteiger partial charge is 0.293 e. The Morgan fingerprint density at radius 3 is 2.55 bits per heavy atom. The SMILES string of the molecule is CCOC1CCN(C(=O)c2n[nH]c(C(C)(C)C)n2)CC1. The van der Waals surface area contributed by atoms with Crippen molar-refractivity contribution >= 4 is 5.91 Å². The van der Waals surface area contributed by atoms with Crippen LogP contribution in [0, 0.1) is 0 Å². The Morgan fingerprint density at radius 2 is 2.05 bits per heavy atom. The Hall–Kier alpha value is -1.43. The van der Waals surface area contributed by atoms with Crippen molar-refractivity contribution in [2.75, 3.05) is 19.7 Å². The lowest BCUT2D eigenvalue weighted by molar-refractivity contribution is 0.0142. The highest BCUT2D eigenvalue weighted by Crippen LogP contribution is 2.19. The van der Waals surface area contributed by atoms with Crippen LogP contribution >= 0.6 is 0 Å². The average Bonchev–Trinajstić information content (AvgIpc) is 2.89. The molecule has 0 bridgehead atoms. The van der Waals surface area contributed by atoms with Gasteiger partial charge in [0, 0.05) is 25.1 Å². The van der Waals surface area contributed by atoms with Crippen LogP contribution in [-0.4, -0.2) is 51.8 Å². The van der Waals surface area contributed by atoms with E-state index in [1.54, 1.807) is 0 Å². The van der Waals surface area contributed by atoms with Crippen molar-refractivity contribution in [3.63, 3.8) is 0 Å². The number of hydrogen-bond donors (Lipinski definition) is 1. The molecule has 1 aromatic heterocycles. The molecule has 1 aromatic rings. The number of nitrogens with one attached hydrogen (secondary N) is 1. The largest absolute Gasteiger partial charge is 0.378 e. The first kappa shape index (κ1) is 15.0. The molecule has 2 heterocycles. The third kappa shape index (κ3) is 3.36. The van der Waals surface area contributed by atoms with E-state index in [0.29, 0.717) is 13.1 Å². The van der Waals surface area contributed by atoms with Gasteiger partial charge in [-0.3, -0.25) is 9.89 Å². The molecule has 1 fully saturated rings. The minimum absolute atomic E-state index is 0.0910. The number of aromatic nitrogens is 3. The average molecular weight is 280 g/mol. The number of carbonyl (C=O) groups is 1. The highest BCUT2D eigenvalue weighted by molar-refractivity contribution is 5.90. The number of nitrogens with zero attached hydrogens (tertiary/aromatic N) is 3. The molecule has 0 unspecified atom stereocenters. The molecule has 0 radical (unpaired) electrons. The molecule has 6 heteroatoms. The van der Waals surface area contributed by atoms with Crippen LogP contribution < -0.4 is 0 Å². The Bertz CT molecular complexity index is 456. The second-order valence-electron chi connectivity index (χ2n) is 6.20. The summed E-state index contributed by atoms with van der Waals surface area (Å²) in [5.41, 5.74) is -0.131. The predicted molar refractivity (Wildman–Crippen MR) is 75.6 cm³/mol. The van der Waals surface area contributed by atoms with Gasteiger partial charge >= 0.3 is 0 Å². The molecule has 1 amide bonds. The lowest BCUT2D eigenvalue weighted by Gasteiger charge is -2.31. The molecule has 112 valence electrons. The molecule has 6 nitrogen and oxygen atoms in total. The van der Waals surface area contributed by atoms with E-state index in [-0.39, 0.29) is 23.3 Å². The number of H-pyrrole nitrogens is 1. The molecule has 1 aliphatic rings. The molecule has 1 saturated heterocycles. The van der Waals surface area contributed by atoms with Crippen molar-refractivity contribution in [2.45, 2.75) is 52.1 Å². The first-order chi connectivity index (χ1) is 9.41. The van der Waals surface area contributed by atoms with Crippen LogP contribution in [0.4, 0.5) is 0 Å². The van der Waals surface area contributed by atoms with Gasteiger partial charge in [-0.2, -0.15) is 0 Å². The van der Waals surface area contributed by atoms with Crippen molar-refractivity contribution in [2.24, 2.45) is 0 Å². The number of rotatable bonds is 3. The normalized spacial score (nSPS) is 17.5. The zero-order valence-electron chi connectivity index (χ0n) is 12.8. The van der Waals surface area contributed by atoms with Gasteiger partial charge in [0.25, 0.3) is 5.91 Å². The zero-order valence-corrected chi connectivity index (χ0v) is 12.8. The maximum atomic E-state index is 12.3. The lowest BCUT2D eigenvalue weighted by Crippen LogP contribution is -2.41. The van der Waals surface area contributed by atoms with E-state index < -0.39 is 0 Å². The van der Waals surface area contributed by atoms with Crippen molar-refractivity contribution in [3.05, 3.63) is 11.6 Å². The van der Waals surface area contributed by atoms with Gasteiger partial charge in [0.15, 0.2) is 0 Å². The number of hydrogen-bond acceptors (Lipinski definition) is 4. The van der Waals surface area contributed by atoms with Crippen molar-refractivity contribution in [1.29, 1.82) is 0 Å². The summed E-state index contributed by atoms with van der Waals surface area (Å²) in [6.45, 7) is 10.3. The van der Waals surface area contributed by atoms with E-state index in [1.807, 2.05) is 32.6 Å². The van der Waals surface area contributed by atoms with E-state index in [4.69, 9.17) is 4.74 Å². The van der Waals surface area contributed by atoms with E-state index in [1.165, 1.54) is 0 Å². The molecule has 0 aromatic carbocycles. The van der Waals surface area contributed by atoms with Gasteiger partial charge in [0.2, 0.25) is 5.82 Å². The molecular weight excluding hydrogens is 256 g/mol. The maximum Gasteiger partial charge on any atom is 0.293 e. The first-order valence-corrected chi connectivity index (χ1v) is 7.25. The number of aromatic amines is 1. The van der Waals surface area contributed by atoms with E-state index in [0.717, 1.165) is 25.3 Å². The summed E-state index contributed by atoms with van der Waals surface area (Å²) in [7, 11) is 0. The number of ether oxygens (including phenoxy) is 1. The first-order valence-electron chi connectivity index (χ1n) is 7.25. The van der Waals surface area contributed by atoms with Crippen molar-refractivity contribution in [3.8, 4) is 0 Å². The number of carbonyl (C=O) groups excluding carboxylic acids is 1. The fourth-order valence-corrected chi connectivity index (χ4v) is 2.30. The fourth-order valence-electron chi connectivity index (χ4n) is 2.30. The van der Waals surface area contributed by atoms with E-state index in [9.17, 15) is 4.79 Å². The van der Waals surface area contributed by atoms with Crippen LogP contribution in [0.15, 0.2) is 0 Å². The predicted octanol–water partition coefficient (Wildman–Crippen LogP) is 1.74. The van der Waals surface area contributed by atoms with Gasteiger partial charge in [-0.1, -0.05) is 20.8 Å². The minimum Gasteiger partial charge on any atom is -0.378 e. The second kappa shape index (κ2) is 5.91. The third-order valence-corrected chi connectivity index (χ3v) is 3.52. The van der Waals surface area contributed by atoms with Gasteiger partial charge in [-0.05, 0) is 19.8 Å². The summed E-state index contributed by atoms with van der Waals surface area (Å²) in [5.74, 6) is 0.918. The third-order valence-electron chi connectivity index (χ3n) is 3.52. The summed E-state index contributed by atoms with van der Waals surface area (Å²) in [4.78, 5) is 18.5. The molecule has 2 rings (SSSR count). The Morgan fingerprint density at radius 1 is 1.40 bits per heavy atom. The fraction of sp³-hybridized carbons (Fsp3) is 0.786. The number of piperidine rings is 1. The van der Waals surface area contributed by atoms with Crippen molar-refractivity contribution in [1.82, 2.24) is 20.1 Å². The summed E-state index contributed by atoms with van der Waals surface area (Å²) < 4.78 is 5.59. The van der Waals surface area contributed by atoms with Crippen LogP contribution in [0.25, 0.3) is 0 Å². The molecule has 1 N–H and O–H groups in total. The van der Waals surface area contributed by atoms with E-state index >= 15 is 0 Å². The van der Waals surface area contributed by atoms with Crippen LogP contribution in [0.2, 0.25) is 0 Å². The van der Waals surface area contributed by atoms with Crippen LogP contribution in [0.5, 0.6) is 0 Å². The number of likely N-dealkylation sites (tertiary alicyclic amines) is 1. The van der Waals surface area contributed by atoms with E-state index in [2.05, 4.69) is 15.2 Å². The van der Waals surface area contributed by atoms with Gasteiger partial charge in [0.1, 0.15) is 5.82 Å². The molecule has 20 heavy (non-hydrogen) atoms. The summed E-state index contributed by atoms with van der Waals surface area (Å²) in [6.07, 6.45) is 2.05. The monoisotopic (exact) mass is 280 g/mol. The Labute approximate surface area is 119 Å². The molecular formula is C14H24N4O2. The molecule has 0 saturated carbocycles. The minimum atomic E-state index is -0.131. The second-order valence-corrected chi connectivity index (χ2v) is 6.20. The molecule has 0 atom stereocenters. The zero-order chi connectivity index (χ0) is 14.8. The van der Waals surface area contributed by atoms with Gasteiger partial charge in [0.05, 0.1) is 6.10 Å².